The van der Waals surface area contributed by atoms with E-state index in [9.17, 15) is 53.7 Å². The third kappa shape index (κ3) is 77.2. The Kier molecular flexibility index (Phi) is 56.5. The summed E-state index contributed by atoms with van der Waals surface area (Å²) in [6, 6.07) is 0. The molecule has 0 rings (SSSR count). The number of carbonyl (C=O) groups is 8. The van der Waals surface area contributed by atoms with Crippen LogP contribution >= 0.6 is 30.3 Å². The van der Waals surface area contributed by atoms with Crippen molar-refractivity contribution in [1.29, 1.82) is 0 Å². The zero-order valence-electron chi connectivity index (χ0n) is 21.9. The summed E-state index contributed by atoms with van der Waals surface area (Å²) < 4.78 is 0. The van der Waals surface area contributed by atoms with Gasteiger partial charge in [0.15, 0.2) is 0 Å². The Morgan fingerprint density at radius 3 is 0.762 bits per heavy atom. The third-order valence-electron chi connectivity index (χ3n) is 3.35. The molecule has 0 atom stereocenters. The molecule has 0 unspecified atom stereocenters. The molecular formula is C20H33Cl3Fe3N4O12+3. The fourth-order valence-electron chi connectivity index (χ4n) is 1.38. The van der Waals surface area contributed by atoms with E-state index in [-0.39, 0.29) is 135 Å². The molecule has 0 spiro atoms. The van der Waals surface area contributed by atoms with Crippen LogP contribution in [0.5, 0.6) is 0 Å². The van der Waals surface area contributed by atoms with E-state index in [1.807, 2.05) is 0 Å². The predicted molar refractivity (Wildman–Crippen MR) is 133 cm³/mol. The van der Waals surface area contributed by atoms with Gasteiger partial charge in [0.05, 0.1) is 32.6 Å². The average molecular weight is 795 g/mol. The van der Waals surface area contributed by atoms with E-state index in [1.165, 1.54) is 0 Å². The van der Waals surface area contributed by atoms with Crippen LogP contribution in [0.3, 0.4) is 0 Å². The number of ketones is 4. The Hall–Kier alpha value is -1.17. The smallest absolute Gasteiger partial charge is 3.00 e. The van der Waals surface area contributed by atoms with Crippen molar-refractivity contribution in [1.82, 2.24) is 0 Å². The first-order valence-corrected chi connectivity index (χ1v) is 15.3. The minimum absolute atomic E-state index is 0. The van der Waals surface area contributed by atoms with Crippen LogP contribution in [0.15, 0.2) is 0 Å². The zero-order chi connectivity index (χ0) is 32.7. The summed E-state index contributed by atoms with van der Waals surface area (Å²) in [5.41, 5.74) is 19.6. The normalized spacial score (nSPS) is 8.79. The minimum atomic E-state index is -1.33. The Labute approximate surface area is 280 Å². The Bertz CT molecular complexity index is 676. The second kappa shape index (κ2) is 42.0. The number of halogens is 3. The van der Waals surface area contributed by atoms with Crippen molar-refractivity contribution < 1.29 is 104 Å². The molecule has 42 heavy (non-hydrogen) atoms. The SMILES string of the molecule is NCC(=O)CCC(=O)O.NCC(=O)CCC(=O)[O-].NCC(=O)CCC(=O)[O-].NCC(=O)CCC(=O)[O-].[Cl][Fe]([Cl])[Cl].[Fe+3].[Fe+3]. The van der Waals surface area contributed by atoms with Crippen LogP contribution in [-0.4, -0.2) is 78.3 Å². The van der Waals surface area contributed by atoms with Crippen LogP contribution in [0.4, 0.5) is 0 Å². The fraction of sp³-hybridized carbons (Fsp3) is 0.600. The van der Waals surface area contributed by atoms with Gasteiger partial charge in [-0.3, -0.25) is 24.0 Å². The zero-order valence-corrected chi connectivity index (χ0v) is 27.5. The minimum Gasteiger partial charge on any atom is 3.00 e. The second-order valence-electron chi connectivity index (χ2n) is 6.63. The van der Waals surface area contributed by atoms with Gasteiger partial charge in [-0.2, -0.15) is 0 Å². The molecule has 9 N–H and O–H groups in total. The molecule has 0 amide bonds. The van der Waals surface area contributed by atoms with Gasteiger partial charge in [0.1, 0.15) is 23.1 Å². The summed E-state index contributed by atoms with van der Waals surface area (Å²) in [4.78, 5) is 80.2. The third-order valence-corrected chi connectivity index (χ3v) is 3.35. The van der Waals surface area contributed by atoms with Gasteiger partial charge < -0.3 is 57.7 Å². The van der Waals surface area contributed by atoms with Crippen molar-refractivity contribution in [3.05, 3.63) is 0 Å². The maximum Gasteiger partial charge on any atom is 3.00 e. The first-order valence-electron chi connectivity index (χ1n) is 10.7. The number of hydrogen-bond donors (Lipinski definition) is 5. The van der Waals surface area contributed by atoms with E-state index >= 15 is 0 Å². The number of carbonyl (C=O) groups excluding carboxylic acids is 7. The molecule has 16 nitrogen and oxygen atoms in total. The van der Waals surface area contributed by atoms with Crippen molar-refractivity contribution in [3.8, 4) is 0 Å². The van der Waals surface area contributed by atoms with Gasteiger partial charge in [-0.15, -0.1) is 0 Å². The quantitative estimate of drug-likeness (QED) is 0.0921. The molecule has 0 saturated carbocycles. The Morgan fingerprint density at radius 2 is 0.643 bits per heavy atom. The maximum atomic E-state index is 10.3. The van der Waals surface area contributed by atoms with E-state index in [4.69, 9.17) is 58.3 Å². The standard InChI is InChI=1S/4C5H9NO3.3ClH.3Fe/c4*6-3-4(7)1-2-5(8)9;;;;;;/h4*1-3,6H2,(H,8,9);3*1H;;;/q;;;;;;;3*+3/p-6. The van der Waals surface area contributed by atoms with Crippen molar-refractivity contribution in [2.45, 2.75) is 51.4 Å². The molecule has 0 aromatic carbocycles. The summed E-state index contributed by atoms with van der Waals surface area (Å²) in [6.45, 7) is -0.332. The number of hydrogen-bond acceptors (Lipinski definition) is 15. The van der Waals surface area contributed by atoms with Gasteiger partial charge in [-0.1, -0.05) is 0 Å². The monoisotopic (exact) mass is 794 g/mol. The number of rotatable bonds is 16. The van der Waals surface area contributed by atoms with Crippen LogP contribution in [0.25, 0.3) is 0 Å². The second-order valence-corrected chi connectivity index (χ2v) is 12.1. The number of carboxylic acid groups (broad SMARTS) is 4. The molecular weight excluding hydrogens is 762 g/mol. The van der Waals surface area contributed by atoms with E-state index in [0.29, 0.717) is 0 Å². The van der Waals surface area contributed by atoms with Gasteiger partial charge in [0, 0.05) is 43.6 Å². The van der Waals surface area contributed by atoms with E-state index < -0.39 is 35.0 Å². The van der Waals surface area contributed by atoms with Gasteiger partial charge in [0.2, 0.25) is 0 Å². The number of aliphatic carboxylic acids is 4. The van der Waals surface area contributed by atoms with Gasteiger partial charge in [0.25, 0.3) is 0 Å². The van der Waals surface area contributed by atoms with Gasteiger partial charge in [-0.05, 0) is 19.3 Å². The molecule has 247 valence electrons. The van der Waals surface area contributed by atoms with Crippen LogP contribution < -0.4 is 38.3 Å². The molecule has 22 heteroatoms. The van der Waals surface area contributed by atoms with Crippen molar-refractivity contribution in [2.24, 2.45) is 22.9 Å². The molecule has 0 aliphatic carbocycles. The molecule has 0 saturated heterocycles. The van der Waals surface area contributed by atoms with Gasteiger partial charge >= 0.3 is 81.6 Å². The first kappa shape index (κ1) is 56.6. The summed E-state index contributed by atoms with van der Waals surface area (Å²) in [5.74, 6) is -5.56. The van der Waals surface area contributed by atoms with E-state index in [0.717, 1.165) is 0 Å². The number of nitrogens with two attached hydrogens (primary N) is 4. The predicted octanol–water partition coefficient (Wildman–Crippen LogP) is -4.43. The Morgan fingerprint density at radius 1 is 0.476 bits per heavy atom. The van der Waals surface area contributed by atoms with Crippen LogP contribution in [-0.2, 0) is 83.7 Å². The summed E-state index contributed by atoms with van der Waals surface area (Å²) in [7, 11) is 14.7. The largest absolute Gasteiger partial charge is 3.00 e. The molecule has 0 bridgehead atoms. The topological polar surface area (TPSA) is 330 Å². The van der Waals surface area contributed by atoms with E-state index in [2.05, 4.69) is 0 Å². The Balaban J connectivity index is -0.0000000734. The molecule has 2 radical (unpaired) electrons. The molecule has 0 fully saturated rings. The maximum absolute atomic E-state index is 10.3. The van der Waals surface area contributed by atoms with Crippen molar-refractivity contribution in [3.63, 3.8) is 0 Å². The summed E-state index contributed by atoms with van der Waals surface area (Å²) >= 11 is -1.33. The van der Waals surface area contributed by atoms with Crippen LogP contribution in [0, 0.1) is 0 Å². The van der Waals surface area contributed by atoms with Crippen LogP contribution in [0.2, 0.25) is 0 Å². The van der Waals surface area contributed by atoms with E-state index in [1.54, 1.807) is 0 Å². The van der Waals surface area contributed by atoms with Crippen molar-refractivity contribution in [2.75, 3.05) is 26.2 Å². The molecule has 0 aliphatic heterocycles. The van der Waals surface area contributed by atoms with Crippen molar-refractivity contribution >= 4 is 77.3 Å². The fourth-order valence-corrected chi connectivity index (χ4v) is 1.38. The molecule has 0 aromatic heterocycles. The summed E-state index contributed by atoms with van der Waals surface area (Å²) in [5, 5.41) is 37.2. The number of Topliss-reactive ketones (excluding diaryl/α,β-unsaturated/α-hetero) is 4. The molecule has 0 aromatic rings. The molecule has 0 heterocycles. The summed E-state index contributed by atoms with van der Waals surface area (Å²) in [6.07, 6.45) is -0.791. The first-order chi connectivity index (χ1) is 18.4. The van der Waals surface area contributed by atoms with Gasteiger partial charge in [-0.25, -0.2) is 0 Å². The average Bonchev–Trinajstić information content (AvgIpc) is 2.87. The van der Waals surface area contributed by atoms with Crippen LogP contribution in [0.1, 0.15) is 51.4 Å². The molecule has 0 aliphatic rings. The number of carboxylic acids is 4.